The predicted molar refractivity (Wildman–Crippen MR) is 86.0 cm³/mol. The van der Waals surface area contributed by atoms with E-state index in [1.165, 1.54) is 30.6 Å². The van der Waals surface area contributed by atoms with Crippen LogP contribution in [0.1, 0.15) is 36.7 Å². The maximum atomic E-state index is 9.15. The highest BCUT2D eigenvalue weighted by atomic mass is 15.2. The zero-order valence-corrected chi connectivity index (χ0v) is 14.1. The summed E-state index contributed by atoms with van der Waals surface area (Å²) < 4.78 is 2.00. The van der Waals surface area contributed by atoms with Crippen LogP contribution in [0.2, 0.25) is 0 Å². The summed E-state index contributed by atoms with van der Waals surface area (Å²) >= 11 is 0. The molecule has 0 aromatic carbocycles. The standard InChI is InChI=1S/C17H28N4/c1-6-7-14-10-21(12-17(14)19(3)4)11-15-8-16(9-18)20(5)13(15)2/h8,14,17H,6-7,10-12H2,1-5H3/t14-,17-/m0/s1. The van der Waals surface area contributed by atoms with Crippen molar-refractivity contribution in [2.45, 2.75) is 39.3 Å². The molecule has 0 aliphatic carbocycles. The number of nitrogens with zero attached hydrogens (tertiary/aromatic N) is 4. The Kier molecular flexibility index (Phi) is 5.08. The Balaban J connectivity index is 2.09. The fourth-order valence-electron chi connectivity index (χ4n) is 3.58. The van der Waals surface area contributed by atoms with Crippen LogP contribution in [0.5, 0.6) is 0 Å². The lowest BCUT2D eigenvalue weighted by Gasteiger charge is -2.24. The van der Waals surface area contributed by atoms with E-state index in [1.54, 1.807) is 0 Å². The Bertz CT molecular complexity index is 524. The topological polar surface area (TPSA) is 35.2 Å². The molecular weight excluding hydrogens is 260 g/mol. The minimum Gasteiger partial charge on any atom is -0.340 e. The van der Waals surface area contributed by atoms with Crippen LogP contribution in [-0.2, 0) is 13.6 Å². The molecule has 1 aliphatic rings. The van der Waals surface area contributed by atoms with Crippen molar-refractivity contribution in [3.05, 3.63) is 23.0 Å². The van der Waals surface area contributed by atoms with Gasteiger partial charge in [-0.3, -0.25) is 4.90 Å². The zero-order valence-electron chi connectivity index (χ0n) is 14.1. The second kappa shape index (κ2) is 6.64. The first-order valence-electron chi connectivity index (χ1n) is 7.92. The Morgan fingerprint density at radius 1 is 1.38 bits per heavy atom. The third-order valence-electron chi connectivity index (χ3n) is 4.95. The first-order chi connectivity index (χ1) is 9.97. The molecule has 0 saturated carbocycles. The van der Waals surface area contributed by atoms with Crippen molar-refractivity contribution in [3.8, 4) is 6.07 Å². The van der Waals surface area contributed by atoms with E-state index in [0.29, 0.717) is 6.04 Å². The molecule has 2 heterocycles. The molecule has 0 radical (unpaired) electrons. The van der Waals surface area contributed by atoms with Crippen LogP contribution in [0, 0.1) is 24.2 Å². The SMILES string of the molecule is CCC[C@H]1CN(Cc2cc(C#N)n(C)c2C)C[C@@H]1N(C)C. The van der Waals surface area contributed by atoms with Gasteiger partial charge in [0.25, 0.3) is 0 Å². The van der Waals surface area contributed by atoms with E-state index in [4.69, 9.17) is 5.26 Å². The van der Waals surface area contributed by atoms with Crippen LogP contribution in [-0.4, -0.2) is 47.6 Å². The summed E-state index contributed by atoms with van der Waals surface area (Å²) in [5.41, 5.74) is 3.27. The highest BCUT2D eigenvalue weighted by molar-refractivity contribution is 5.34. The molecule has 116 valence electrons. The summed E-state index contributed by atoms with van der Waals surface area (Å²) in [5, 5.41) is 9.15. The summed E-state index contributed by atoms with van der Waals surface area (Å²) in [6.07, 6.45) is 2.56. The zero-order chi connectivity index (χ0) is 15.6. The van der Waals surface area contributed by atoms with Gasteiger partial charge in [-0.25, -0.2) is 0 Å². The predicted octanol–water partition coefficient (Wildman–Crippen LogP) is 2.37. The van der Waals surface area contributed by atoms with Gasteiger partial charge in [0.1, 0.15) is 11.8 Å². The Morgan fingerprint density at radius 3 is 2.62 bits per heavy atom. The smallest absolute Gasteiger partial charge is 0.120 e. The molecule has 0 spiro atoms. The summed E-state index contributed by atoms with van der Waals surface area (Å²) in [6.45, 7) is 7.65. The average molecular weight is 288 g/mol. The number of likely N-dealkylation sites (tertiary alicyclic amines) is 1. The molecule has 1 aromatic heterocycles. The van der Waals surface area contributed by atoms with Gasteiger partial charge in [0.15, 0.2) is 0 Å². The molecule has 0 amide bonds. The van der Waals surface area contributed by atoms with Crippen molar-refractivity contribution in [1.82, 2.24) is 14.4 Å². The van der Waals surface area contributed by atoms with Gasteiger partial charge in [0, 0.05) is 38.4 Å². The monoisotopic (exact) mass is 288 g/mol. The fraction of sp³-hybridized carbons (Fsp3) is 0.706. The first-order valence-corrected chi connectivity index (χ1v) is 7.92. The highest BCUT2D eigenvalue weighted by Crippen LogP contribution is 2.27. The minimum absolute atomic E-state index is 0.657. The number of rotatable bonds is 5. The van der Waals surface area contributed by atoms with Gasteiger partial charge in [-0.05, 0) is 45.0 Å². The third kappa shape index (κ3) is 3.30. The van der Waals surface area contributed by atoms with Crippen LogP contribution in [0.3, 0.4) is 0 Å². The number of hydrogen-bond donors (Lipinski definition) is 0. The van der Waals surface area contributed by atoms with E-state index >= 15 is 0 Å². The largest absolute Gasteiger partial charge is 0.340 e. The lowest BCUT2D eigenvalue weighted by molar-refractivity contribution is 0.238. The van der Waals surface area contributed by atoms with E-state index in [9.17, 15) is 0 Å². The molecule has 0 unspecified atom stereocenters. The quantitative estimate of drug-likeness (QED) is 0.834. The molecule has 1 fully saturated rings. The molecule has 21 heavy (non-hydrogen) atoms. The van der Waals surface area contributed by atoms with Gasteiger partial charge in [0.05, 0.1) is 0 Å². The Hall–Kier alpha value is -1.31. The van der Waals surface area contributed by atoms with Crippen molar-refractivity contribution in [2.24, 2.45) is 13.0 Å². The summed E-state index contributed by atoms with van der Waals surface area (Å²) in [6, 6.07) is 4.98. The number of aromatic nitrogens is 1. The van der Waals surface area contributed by atoms with E-state index in [2.05, 4.69) is 43.8 Å². The molecule has 0 bridgehead atoms. The van der Waals surface area contributed by atoms with Crippen LogP contribution >= 0.6 is 0 Å². The number of hydrogen-bond acceptors (Lipinski definition) is 3. The second-order valence-electron chi connectivity index (χ2n) is 6.58. The maximum Gasteiger partial charge on any atom is 0.120 e. The summed E-state index contributed by atoms with van der Waals surface area (Å²) in [4.78, 5) is 4.92. The molecule has 0 N–H and O–H groups in total. The Morgan fingerprint density at radius 2 is 2.10 bits per heavy atom. The van der Waals surface area contributed by atoms with Gasteiger partial charge < -0.3 is 9.47 Å². The first kappa shape index (κ1) is 16.1. The second-order valence-corrected chi connectivity index (χ2v) is 6.58. The summed E-state index contributed by atoms with van der Waals surface area (Å²) in [7, 11) is 6.36. The Labute approximate surface area is 129 Å². The van der Waals surface area contributed by atoms with E-state index in [-0.39, 0.29) is 0 Å². The molecule has 4 heteroatoms. The summed E-state index contributed by atoms with van der Waals surface area (Å²) in [5.74, 6) is 0.768. The molecule has 1 aliphatic heterocycles. The highest BCUT2D eigenvalue weighted by Gasteiger charge is 2.33. The van der Waals surface area contributed by atoms with Gasteiger partial charge in [-0.15, -0.1) is 0 Å². The molecule has 1 saturated heterocycles. The van der Waals surface area contributed by atoms with Crippen molar-refractivity contribution in [2.75, 3.05) is 27.2 Å². The van der Waals surface area contributed by atoms with Crippen LogP contribution in [0.15, 0.2) is 6.07 Å². The molecule has 1 aromatic rings. The van der Waals surface area contributed by atoms with Gasteiger partial charge in [0.2, 0.25) is 0 Å². The van der Waals surface area contributed by atoms with Crippen molar-refractivity contribution in [1.29, 1.82) is 5.26 Å². The van der Waals surface area contributed by atoms with Crippen molar-refractivity contribution in [3.63, 3.8) is 0 Å². The number of nitriles is 1. The lowest BCUT2D eigenvalue weighted by Crippen LogP contribution is -2.35. The van der Waals surface area contributed by atoms with Gasteiger partial charge in [-0.1, -0.05) is 13.3 Å². The normalized spacial score (nSPS) is 22.9. The maximum absolute atomic E-state index is 9.15. The fourth-order valence-corrected chi connectivity index (χ4v) is 3.58. The molecule has 4 nitrogen and oxygen atoms in total. The van der Waals surface area contributed by atoms with Crippen LogP contribution in [0.25, 0.3) is 0 Å². The molecule has 2 rings (SSSR count). The molecular formula is C17H28N4. The van der Waals surface area contributed by atoms with Crippen molar-refractivity contribution >= 4 is 0 Å². The number of likely N-dealkylation sites (N-methyl/N-ethyl adjacent to an activating group) is 1. The lowest BCUT2D eigenvalue weighted by atomic mass is 9.98. The van der Waals surface area contributed by atoms with E-state index in [0.717, 1.165) is 24.7 Å². The van der Waals surface area contributed by atoms with E-state index < -0.39 is 0 Å². The van der Waals surface area contributed by atoms with Gasteiger partial charge >= 0.3 is 0 Å². The van der Waals surface area contributed by atoms with Crippen molar-refractivity contribution < 1.29 is 0 Å². The minimum atomic E-state index is 0.657. The van der Waals surface area contributed by atoms with Crippen LogP contribution < -0.4 is 0 Å². The van der Waals surface area contributed by atoms with Gasteiger partial charge in [-0.2, -0.15) is 5.26 Å². The molecule has 2 atom stereocenters. The van der Waals surface area contributed by atoms with E-state index in [1.807, 2.05) is 17.7 Å². The third-order valence-corrected chi connectivity index (χ3v) is 4.95. The van der Waals surface area contributed by atoms with Crippen LogP contribution in [0.4, 0.5) is 0 Å². The average Bonchev–Trinajstić information content (AvgIpc) is 2.96.